The number of fused-ring (bicyclic) bond motifs is 1. The molecule has 1 heterocycles. The van der Waals surface area contributed by atoms with Crippen molar-refractivity contribution in [1.82, 2.24) is 5.32 Å². The molecular formula is C19H21NO4. The minimum atomic E-state index is -0.508. The number of methoxy groups -OCH3 is 2. The Morgan fingerprint density at radius 1 is 1.17 bits per heavy atom. The van der Waals surface area contributed by atoms with Crippen LogP contribution in [0.3, 0.4) is 0 Å². The zero-order chi connectivity index (χ0) is 17.1. The van der Waals surface area contributed by atoms with E-state index in [-0.39, 0.29) is 11.8 Å². The number of hydrogen-bond acceptors (Lipinski definition) is 4. The van der Waals surface area contributed by atoms with E-state index in [1.165, 1.54) is 0 Å². The molecule has 126 valence electrons. The molecule has 3 rings (SSSR count). The molecule has 2 unspecified atom stereocenters. The maximum Gasteiger partial charge on any atom is 0.261 e. The summed E-state index contributed by atoms with van der Waals surface area (Å²) in [7, 11) is 3.20. The zero-order valence-corrected chi connectivity index (χ0v) is 14.0. The normalized spacial score (nSPS) is 18.5. The highest BCUT2D eigenvalue weighted by Gasteiger charge is 2.35. The molecule has 0 fully saturated rings. The molecule has 0 spiro atoms. The van der Waals surface area contributed by atoms with Crippen molar-refractivity contribution in [1.29, 1.82) is 0 Å². The van der Waals surface area contributed by atoms with Crippen molar-refractivity contribution in [3.05, 3.63) is 53.6 Å². The summed E-state index contributed by atoms with van der Waals surface area (Å²) in [5, 5.41) is 2.93. The van der Waals surface area contributed by atoms with Crippen LogP contribution in [0.2, 0.25) is 0 Å². The van der Waals surface area contributed by atoms with Crippen molar-refractivity contribution < 1.29 is 19.0 Å². The first-order valence-corrected chi connectivity index (χ1v) is 7.88. The SMILES string of the molecule is COc1ccc(CNC(=O)C2Oc3ccccc3C2C)c(OC)c1. The number of ether oxygens (including phenoxy) is 3. The highest BCUT2D eigenvalue weighted by Crippen LogP contribution is 2.37. The Balaban J connectivity index is 1.67. The van der Waals surface area contributed by atoms with Crippen LogP contribution in [0, 0.1) is 0 Å². The minimum absolute atomic E-state index is 0.0268. The molecule has 0 saturated carbocycles. The summed E-state index contributed by atoms with van der Waals surface area (Å²) >= 11 is 0. The van der Waals surface area contributed by atoms with E-state index >= 15 is 0 Å². The highest BCUT2D eigenvalue weighted by atomic mass is 16.5. The van der Waals surface area contributed by atoms with Crippen LogP contribution >= 0.6 is 0 Å². The fourth-order valence-electron chi connectivity index (χ4n) is 2.93. The van der Waals surface area contributed by atoms with Crippen LogP contribution in [0.5, 0.6) is 17.2 Å². The molecule has 0 aliphatic carbocycles. The number of rotatable bonds is 5. The highest BCUT2D eigenvalue weighted by molar-refractivity contribution is 5.83. The van der Waals surface area contributed by atoms with Crippen LogP contribution < -0.4 is 19.5 Å². The predicted octanol–water partition coefficient (Wildman–Crippen LogP) is 2.88. The summed E-state index contributed by atoms with van der Waals surface area (Å²) in [5.41, 5.74) is 1.95. The van der Waals surface area contributed by atoms with E-state index in [1.807, 2.05) is 43.3 Å². The van der Waals surface area contributed by atoms with Gasteiger partial charge in [-0.3, -0.25) is 4.79 Å². The van der Waals surface area contributed by atoms with E-state index in [0.29, 0.717) is 18.0 Å². The van der Waals surface area contributed by atoms with Gasteiger partial charge in [0.1, 0.15) is 17.2 Å². The monoisotopic (exact) mass is 327 g/mol. The number of nitrogens with one attached hydrogen (secondary N) is 1. The average molecular weight is 327 g/mol. The standard InChI is InChI=1S/C19H21NO4/c1-12-15-6-4-5-7-16(15)24-18(12)19(21)20-11-13-8-9-14(22-2)10-17(13)23-3/h4-10,12,18H,11H2,1-3H3,(H,20,21). The van der Waals surface area contributed by atoms with E-state index < -0.39 is 6.10 Å². The van der Waals surface area contributed by atoms with Gasteiger partial charge in [-0.2, -0.15) is 0 Å². The van der Waals surface area contributed by atoms with Gasteiger partial charge in [0, 0.05) is 29.7 Å². The zero-order valence-electron chi connectivity index (χ0n) is 14.0. The summed E-state index contributed by atoms with van der Waals surface area (Å²) in [5.74, 6) is 2.08. The second kappa shape index (κ2) is 6.83. The van der Waals surface area contributed by atoms with Gasteiger partial charge in [-0.25, -0.2) is 0 Å². The molecule has 0 saturated heterocycles. The first-order chi connectivity index (χ1) is 11.6. The van der Waals surface area contributed by atoms with E-state index in [4.69, 9.17) is 14.2 Å². The van der Waals surface area contributed by atoms with Crippen molar-refractivity contribution in [2.75, 3.05) is 14.2 Å². The molecule has 2 aromatic rings. The van der Waals surface area contributed by atoms with Gasteiger partial charge in [-0.05, 0) is 18.2 Å². The van der Waals surface area contributed by atoms with E-state index in [9.17, 15) is 4.79 Å². The van der Waals surface area contributed by atoms with Gasteiger partial charge in [0.05, 0.1) is 14.2 Å². The van der Waals surface area contributed by atoms with Crippen LogP contribution in [0.15, 0.2) is 42.5 Å². The number of benzene rings is 2. The second-order valence-corrected chi connectivity index (χ2v) is 5.76. The number of carbonyl (C=O) groups is 1. The van der Waals surface area contributed by atoms with Crippen molar-refractivity contribution in [3.63, 3.8) is 0 Å². The summed E-state index contributed by atoms with van der Waals surface area (Å²) in [6.07, 6.45) is -0.508. The summed E-state index contributed by atoms with van der Waals surface area (Å²) in [6, 6.07) is 13.3. The lowest BCUT2D eigenvalue weighted by atomic mass is 9.97. The third-order valence-electron chi connectivity index (χ3n) is 4.32. The van der Waals surface area contributed by atoms with E-state index in [2.05, 4.69) is 5.32 Å². The molecule has 2 atom stereocenters. The van der Waals surface area contributed by atoms with Gasteiger partial charge < -0.3 is 19.5 Å². The summed E-state index contributed by atoms with van der Waals surface area (Å²) in [4.78, 5) is 12.5. The predicted molar refractivity (Wildman–Crippen MR) is 90.7 cm³/mol. The van der Waals surface area contributed by atoms with Crippen molar-refractivity contribution >= 4 is 5.91 Å². The van der Waals surface area contributed by atoms with E-state index in [0.717, 1.165) is 16.9 Å². The van der Waals surface area contributed by atoms with Gasteiger partial charge in [-0.1, -0.05) is 25.1 Å². The second-order valence-electron chi connectivity index (χ2n) is 5.76. The molecular weight excluding hydrogens is 306 g/mol. The lowest BCUT2D eigenvalue weighted by Gasteiger charge is -2.16. The van der Waals surface area contributed by atoms with Crippen LogP contribution in [0.1, 0.15) is 24.0 Å². The Labute approximate surface area is 141 Å². The Morgan fingerprint density at radius 3 is 2.67 bits per heavy atom. The number of hydrogen-bond donors (Lipinski definition) is 1. The fraction of sp³-hybridized carbons (Fsp3) is 0.316. The first-order valence-electron chi connectivity index (χ1n) is 7.88. The maximum absolute atomic E-state index is 12.5. The molecule has 1 amide bonds. The Morgan fingerprint density at radius 2 is 1.96 bits per heavy atom. The molecule has 0 bridgehead atoms. The maximum atomic E-state index is 12.5. The van der Waals surface area contributed by atoms with Gasteiger partial charge in [-0.15, -0.1) is 0 Å². The van der Waals surface area contributed by atoms with E-state index in [1.54, 1.807) is 20.3 Å². The third-order valence-corrected chi connectivity index (χ3v) is 4.32. The fourth-order valence-corrected chi connectivity index (χ4v) is 2.93. The first kappa shape index (κ1) is 16.2. The lowest BCUT2D eigenvalue weighted by molar-refractivity contribution is -0.128. The molecule has 1 N–H and O–H groups in total. The molecule has 2 aromatic carbocycles. The van der Waals surface area contributed by atoms with Crippen LogP contribution in [-0.4, -0.2) is 26.2 Å². The number of para-hydroxylation sites is 1. The molecule has 24 heavy (non-hydrogen) atoms. The van der Waals surface area contributed by atoms with Crippen molar-refractivity contribution in [3.8, 4) is 17.2 Å². The summed E-state index contributed by atoms with van der Waals surface area (Å²) < 4.78 is 16.3. The molecule has 1 aliphatic heterocycles. The average Bonchev–Trinajstić information content (AvgIpc) is 2.96. The lowest BCUT2D eigenvalue weighted by Crippen LogP contribution is -2.38. The minimum Gasteiger partial charge on any atom is -0.497 e. The topological polar surface area (TPSA) is 56.8 Å². The number of carbonyl (C=O) groups excluding carboxylic acids is 1. The number of amides is 1. The van der Waals surface area contributed by atoms with Crippen LogP contribution in [-0.2, 0) is 11.3 Å². The Bertz CT molecular complexity index is 744. The van der Waals surface area contributed by atoms with Gasteiger partial charge in [0.25, 0.3) is 5.91 Å². The van der Waals surface area contributed by atoms with Crippen LogP contribution in [0.25, 0.3) is 0 Å². The smallest absolute Gasteiger partial charge is 0.261 e. The van der Waals surface area contributed by atoms with Crippen molar-refractivity contribution in [2.24, 2.45) is 0 Å². The molecule has 1 aliphatic rings. The van der Waals surface area contributed by atoms with Gasteiger partial charge >= 0.3 is 0 Å². The largest absolute Gasteiger partial charge is 0.497 e. The molecule has 5 heteroatoms. The van der Waals surface area contributed by atoms with Crippen molar-refractivity contribution in [2.45, 2.75) is 25.5 Å². The summed E-state index contributed by atoms with van der Waals surface area (Å²) in [6.45, 7) is 2.37. The third kappa shape index (κ3) is 3.02. The van der Waals surface area contributed by atoms with Gasteiger partial charge in [0.15, 0.2) is 6.10 Å². The molecule has 5 nitrogen and oxygen atoms in total. The quantitative estimate of drug-likeness (QED) is 0.917. The Kier molecular flexibility index (Phi) is 4.60. The van der Waals surface area contributed by atoms with Gasteiger partial charge in [0.2, 0.25) is 0 Å². The Hall–Kier alpha value is -2.69. The molecule has 0 aromatic heterocycles. The molecule has 0 radical (unpaired) electrons. The van der Waals surface area contributed by atoms with Crippen LogP contribution in [0.4, 0.5) is 0 Å².